The smallest absolute Gasteiger partial charge is 0.306 e. The second kappa shape index (κ2) is 9.56. The normalized spacial score (nSPS) is 12.2. The third-order valence-electron chi connectivity index (χ3n) is 4.37. The maximum Gasteiger partial charge on any atom is 0.306 e. The third kappa shape index (κ3) is 5.56. The number of alkyl halides is 1. The number of ether oxygens (including phenoxy) is 1. The van der Waals surface area contributed by atoms with Crippen LogP contribution in [-0.2, 0) is 28.4 Å². The van der Waals surface area contributed by atoms with Crippen LogP contribution in [0.5, 0.6) is 0 Å². The molecule has 0 saturated carbocycles. The Labute approximate surface area is 154 Å². The second-order valence-electron chi connectivity index (χ2n) is 6.13. The van der Waals surface area contributed by atoms with Crippen LogP contribution in [0, 0.1) is 6.92 Å². The van der Waals surface area contributed by atoms with Crippen molar-refractivity contribution in [2.75, 3.05) is 6.61 Å². The zero-order chi connectivity index (χ0) is 18.2. The molecule has 0 saturated heterocycles. The summed E-state index contributed by atoms with van der Waals surface area (Å²) >= 11 is 6.04. The van der Waals surface area contributed by atoms with Crippen LogP contribution in [0.1, 0.15) is 55.0 Å². The Hall–Kier alpha value is -1.88. The minimum atomic E-state index is -0.169. The number of benzene rings is 1. The van der Waals surface area contributed by atoms with Gasteiger partial charge in [-0.1, -0.05) is 23.4 Å². The summed E-state index contributed by atoms with van der Waals surface area (Å²) in [5.41, 5.74) is 4.34. The highest BCUT2D eigenvalue weighted by Gasteiger charge is 2.18. The minimum Gasteiger partial charge on any atom is -0.466 e. The predicted molar refractivity (Wildman–Crippen MR) is 98.7 cm³/mol. The fourth-order valence-electron chi connectivity index (χ4n) is 2.83. The largest absolute Gasteiger partial charge is 0.466 e. The van der Waals surface area contributed by atoms with E-state index in [1.54, 1.807) is 0 Å². The number of nitrogens with zero attached hydrogens (tertiary/aromatic N) is 3. The molecule has 0 aliphatic rings. The van der Waals surface area contributed by atoms with Crippen LogP contribution in [0.25, 0.3) is 0 Å². The van der Waals surface area contributed by atoms with Gasteiger partial charge >= 0.3 is 5.97 Å². The SMILES string of the molecule is CCOC(=O)CC(CCc1cn(CC)nn1)c1ccc(C)c(CCl)c1. The Morgan fingerprint density at radius 1 is 1.36 bits per heavy atom. The topological polar surface area (TPSA) is 57.0 Å². The van der Waals surface area contributed by atoms with Gasteiger partial charge in [-0.3, -0.25) is 9.48 Å². The average Bonchev–Trinajstić information content (AvgIpc) is 3.07. The van der Waals surface area contributed by atoms with Crippen molar-refractivity contribution < 1.29 is 9.53 Å². The van der Waals surface area contributed by atoms with Crippen LogP contribution in [0.3, 0.4) is 0 Å². The number of rotatable bonds is 9. The van der Waals surface area contributed by atoms with E-state index in [0.717, 1.165) is 36.2 Å². The lowest BCUT2D eigenvalue weighted by Gasteiger charge is -2.18. The van der Waals surface area contributed by atoms with Crippen molar-refractivity contribution in [3.63, 3.8) is 0 Å². The molecule has 1 aromatic heterocycles. The van der Waals surface area contributed by atoms with E-state index in [1.807, 2.05) is 31.6 Å². The zero-order valence-electron chi connectivity index (χ0n) is 15.2. The van der Waals surface area contributed by atoms with Gasteiger partial charge < -0.3 is 4.74 Å². The number of hydrogen-bond donors (Lipinski definition) is 0. The summed E-state index contributed by atoms with van der Waals surface area (Å²) in [6.45, 7) is 7.11. The molecule has 136 valence electrons. The van der Waals surface area contributed by atoms with E-state index in [0.29, 0.717) is 18.9 Å². The Bertz CT molecular complexity index is 700. The molecule has 1 unspecified atom stereocenters. The molecule has 0 spiro atoms. The second-order valence-corrected chi connectivity index (χ2v) is 6.40. The molecule has 2 aromatic rings. The molecule has 0 amide bonds. The molecule has 6 heteroatoms. The van der Waals surface area contributed by atoms with E-state index < -0.39 is 0 Å². The first kappa shape index (κ1) is 19.4. The molecule has 0 radical (unpaired) electrons. The van der Waals surface area contributed by atoms with Gasteiger partial charge in [0.15, 0.2) is 0 Å². The Kier molecular flexibility index (Phi) is 7.44. The molecule has 0 bridgehead atoms. The molecule has 0 fully saturated rings. The van der Waals surface area contributed by atoms with Gasteiger partial charge in [-0.05, 0) is 56.2 Å². The highest BCUT2D eigenvalue weighted by molar-refractivity contribution is 6.17. The first-order valence-corrected chi connectivity index (χ1v) is 9.30. The van der Waals surface area contributed by atoms with Crippen molar-refractivity contribution in [2.45, 2.75) is 58.4 Å². The summed E-state index contributed by atoms with van der Waals surface area (Å²) in [4.78, 5) is 12.0. The molecular formula is C19H26ClN3O2. The van der Waals surface area contributed by atoms with Crippen molar-refractivity contribution in [3.8, 4) is 0 Å². The number of carbonyl (C=O) groups excluding carboxylic acids is 1. The predicted octanol–water partition coefficient (Wildman–Crippen LogP) is 4.01. The number of halogens is 1. The maximum absolute atomic E-state index is 12.0. The lowest BCUT2D eigenvalue weighted by Crippen LogP contribution is -2.12. The van der Waals surface area contributed by atoms with Crippen molar-refractivity contribution >= 4 is 17.6 Å². The van der Waals surface area contributed by atoms with Crippen LogP contribution in [-0.4, -0.2) is 27.6 Å². The number of esters is 1. The van der Waals surface area contributed by atoms with Gasteiger partial charge in [0.05, 0.1) is 18.7 Å². The lowest BCUT2D eigenvalue weighted by atomic mass is 9.89. The minimum absolute atomic E-state index is 0.0772. The van der Waals surface area contributed by atoms with Crippen LogP contribution in [0.4, 0.5) is 0 Å². The fraction of sp³-hybridized carbons (Fsp3) is 0.526. The van der Waals surface area contributed by atoms with E-state index in [4.69, 9.17) is 16.3 Å². The summed E-state index contributed by atoms with van der Waals surface area (Å²) in [7, 11) is 0. The van der Waals surface area contributed by atoms with Gasteiger partial charge in [0.2, 0.25) is 0 Å². The van der Waals surface area contributed by atoms with Crippen LogP contribution >= 0.6 is 11.6 Å². The van der Waals surface area contributed by atoms with E-state index in [1.165, 1.54) is 5.56 Å². The fourth-order valence-corrected chi connectivity index (χ4v) is 3.11. The Morgan fingerprint density at radius 2 is 2.16 bits per heavy atom. The molecule has 1 atom stereocenters. The van der Waals surface area contributed by atoms with Gasteiger partial charge in [-0.15, -0.1) is 16.7 Å². The summed E-state index contributed by atoms with van der Waals surface area (Å²) in [6, 6.07) is 6.26. The highest BCUT2D eigenvalue weighted by atomic mass is 35.5. The molecule has 25 heavy (non-hydrogen) atoms. The standard InChI is InChI=1S/C19H26ClN3O2/c1-4-23-13-18(21-22-23)9-8-16(11-19(24)25-5-2)15-7-6-14(3)17(10-15)12-20/h6-7,10,13,16H,4-5,8-9,11-12H2,1-3H3. The molecule has 2 rings (SSSR count). The number of carbonyl (C=O) groups is 1. The summed E-state index contributed by atoms with van der Waals surface area (Å²) in [6.07, 6.45) is 3.90. The lowest BCUT2D eigenvalue weighted by molar-refractivity contribution is -0.143. The van der Waals surface area contributed by atoms with E-state index in [2.05, 4.69) is 28.5 Å². The number of hydrogen-bond acceptors (Lipinski definition) is 4. The van der Waals surface area contributed by atoms with Gasteiger partial charge in [0.1, 0.15) is 0 Å². The van der Waals surface area contributed by atoms with Gasteiger partial charge in [0.25, 0.3) is 0 Å². The van der Waals surface area contributed by atoms with Crippen molar-refractivity contribution in [2.24, 2.45) is 0 Å². The summed E-state index contributed by atoms with van der Waals surface area (Å²) in [5.74, 6) is 0.377. The van der Waals surface area contributed by atoms with Crippen molar-refractivity contribution in [1.29, 1.82) is 0 Å². The molecule has 1 heterocycles. The van der Waals surface area contributed by atoms with E-state index in [9.17, 15) is 4.79 Å². The van der Waals surface area contributed by atoms with Gasteiger partial charge in [-0.25, -0.2) is 0 Å². The molecule has 5 nitrogen and oxygen atoms in total. The Morgan fingerprint density at radius 3 is 2.80 bits per heavy atom. The molecule has 1 aromatic carbocycles. The molecule has 0 aliphatic carbocycles. The van der Waals surface area contributed by atoms with Crippen LogP contribution < -0.4 is 0 Å². The maximum atomic E-state index is 12.0. The number of aromatic nitrogens is 3. The van der Waals surface area contributed by atoms with E-state index >= 15 is 0 Å². The number of aryl methyl sites for hydroxylation is 3. The van der Waals surface area contributed by atoms with E-state index in [-0.39, 0.29) is 11.9 Å². The monoisotopic (exact) mass is 363 g/mol. The third-order valence-corrected chi connectivity index (χ3v) is 4.65. The van der Waals surface area contributed by atoms with Gasteiger partial charge in [0, 0.05) is 18.6 Å². The summed E-state index contributed by atoms with van der Waals surface area (Å²) < 4.78 is 6.96. The summed E-state index contributed by atoms with van der Waals surface area (Å²) in [5, 5.41) is 8.26. The van der Waals surface area contributed by atoms with Crippen LogP contribution in [0.2, 0.25) is 0 Å². The molecule has 0 N–H and O–H groups in total. The first-order valence-electron chi connectivity index (χ1n) is 8.77. The molecular weight excluding hydrogens is 338 g/mol. The Balaban J connectivity index is 2.15. The first-order chi connectivity index (χ1) is 12.1. The molecule has 0 aliphatic heterocycles. The average molecular weight is 364 g/mol. The van der Waals surface area contributed by atoms with Gasteiger partial charge in [-0.2, -0.15) is 0 Å². The quantitative estimate of drug-likeness (QED) is 0.499. The highest BCUT2D eigenvalue weighted by Crippen LogP contribution is 2.28. The zero-order valence-corrected chi connectivity index (χ0v) is 15.9. The van der Waals surface area contributed by atoms with Crippen LogP contribution in [0.15, 0.2) is 24.4 Å². The van der Waals surface area contributed by atoms with Crippen molar-refractivity contribution in [1.82, 2.24) is 15.0 Å². The van der Waals surface area contributed by atoms with Crippen molar-refractivity contribution in [3.05, 3.63) is 46.8 Å².